The molecule has 0 bridgehead atoms. The third-order valence-electron chi connectivity index (χ3n) is 3.11. The molecule has 1 saturated heterocycles. The number of hydrogen-bond acceptors (Lipinski definition) is 1. The third kappa shape index (κ3) is 3.83. The number of piperidine rings is 1. The minimum absolute atomic E-state index is 0.583. The van der Waals surface area contributed by atoms with Crippen molar-refractivity contribution in [1.82, 2.24) is 4.90 Å². The largest absolute Gasteiger partial charge is 0.416 e. The van der Waals surface area contributed by atoms with Gasteiger partial charge in [-0.25, -0.2) is 0 Å². The molecular weight excluding hydrogens is 273 g/mol. The van der Waals surface area contributed by atoms with E-state index < -0.39 is 11.7 Å². The molecule has 1 fully saturated rings. The second-order valence-electron chi connectivity index (χ2n) is 4.55. The Kier molecular flexibility index (Phi) is 4.29. The zero-order chi connectivity index (χ0) is 13.9. The summed E-state index contributed by atoms with van der Waals surface area (Å²) in [6.07, 6.45) is -0.880. The Morgan fingerprint density at radius 3 is 2.16 bits per heavy atom. The molecular formula is C13H15F3N2S. The van der Waals surface area contributed by atoms with Gasteiger partial charge < -0.3 is 10.2 Å². The van der Waals surface area contributed by atoms with Gasteiger partial charge in [-0.05, 0) is 55.7 Å². The van der Waals surface area contributed by atoms with Crippen molar-refractivity contribution < 1.29 is 13.2 Å². The van der Waals surface area contributed by atoms with E-state index in [1.54, 1.807) is 0 Å². The van der Waals surface area contributed by atoms with E-state index in [0.29, 0.717) is 10.8 Å². The highest BCUT2D eigenvalue weighted by molar-refractivity contribution is 7.80. The number of alkyl halides is 3. The molecule has 0 unspecified atom stereocenters. The molecule has 6 heteroatoms. The lowest BCUT2D eigenvalue weighted by atomic mass is 10.1. The van der Waals surface area contributed by atoms with E-state index in [-0.39, 0.29) is 0 Å². The SMILES string of the molecule is FC(F)(F)c1ccc(NC(=S)N2CCCCC2)cc1. The first-order valence-corrected chi connectivity index (χ1v) is 6.61. The summed E-state index contributed by atoms with van der Waals surface area (Å²) in [6, 6.07) is 4.92. The van der Waals surface area contributed by atoms with E-state index in [9.17, 15) is 13.2 Å². The molecule has 0 radical (unpaired) electrons. The van der Waals surface area contributed by atoms with Gasteiger partial charge >= 0.3 is 6.18 Å². The lowest BCUT2D eigenvalue weighted by Gasteiger charge is -2.29. The Labute approximate surface area is 115 Å². The summed E-state index contributed by atoms with van der Waals surface area (Å²) >= 11 is 5.25. The lowest BCUT2D eigenvalue weighted by Crippen LogP contribution is -2.38. The molecule has 0 amide bonds. The molecule has 2 nitrogen and oxygen atoms in total. The van der Waals surface area contributed by atoms with E-state index in [1.807, 2.05) is 0 Å². The van der Waals surface area contributed by atoms with Gasteiger partial charge in [0.2, 0.25) is 0 Å². The van der Waals surface area contributed by atoms with Crippen LogP contribution in [0.2, 0.25) is 0 Å². The molecule has 0 aliphatic carbocycles. The standard InChI is InChI=1S/C13H15F3N2S/c14-13(15,16)10-4-6-11(7-5-10)17-12(19)18-8-2-1-3-9-18/h4-7H,1-3,8-9H2,(H,17,19). The summed E-state index contributed by atoms with van der Waals surface area (Å²) in [6.45, 7) is 1.82. The number of hydrogen-bond donors (Lipinski definition) is 1. The molecule has 1 aliphatic heterocycles. The van der Waals surface area contributed by atoms with Crippen LogP contribution in [0.25, 0.3) is 0 Å². The first kappa shape index (κ1) is 14.1. The van der Waals surface area contributed by atoms with Crippen LogP contribution in [0.1, 0.15) is 24.8 Å². The quantitative estimate of drug-likeness (QED) is 0.789. The second kappa shape index (κ2) is 5.77. The van der Waals surface area contributed by atoms with Crippen LogP contribution in [-0.2, 0) is 6.18 Å². The van der Waals surface area contributed by atoms with Crippen LogP contribution in [0.5, 0.6) is 0 Å². The maximum atomic E-state index is 12.4. The molecule has 1 aromatic carbocycles. The summed E-state index contributed by atoms with van der Waals surface area (Å²) in [5.41, 5.74) is -0.0643. The first-order chi connectivity index (χ1) is 8.97. The van der Waals surface area contributed by atoms with Gasteiger partial charge in [-0.3, -0.25) is 0 Å². The van der Waals surface area contributed by atoms with Crippen molar-refractivity contribution in [2.45, 2.75) is 25.4 Å². The summed E-state index contributed by atoms with van der Waals surface area (Å²) < 4.78 is 37.3. The van der Waals surface area contributed by atoms with Crippen molar-refractivity contribution in [3.05, 3.63) is 29.8 Å². The van der Waals surface area contributed by atoms with Crippen LogP contribution >= 0.6 is 12.2 Å². The maximum Gasteiger partial charge on any atom is 0.416 e. The fourth-order valence-corrected chi connectivity index (χ4v) is 2.34. The number of halogens is 3. The molecule has 0 spiro atoms. The van der Waals surface area contributed by atoms with E-state index in [0.717, 1.165) is 38.1 Å². The molecule has 1 N–H and O–H groups in total. The number of benzene rings is 1. The molecule has 1 aliphatic rings. The van der Waals surface area contributed by atoms with Gasteiger partial charge in [0.1, 0.15) is 0 Å². The van der Waals surface area contributed by atoms with E-state index >= 15 is 0 Å². The van der Waals surface area contributed by atoms with E-state index in [1.165, 1.54) is 18.6 Å². The van der Waals surface area contributed by atoms with Crippen molar-refractivity contribution in [1.29, 1.82) is 0 Å². The van der Waals surface area contributed by atoms with Gasteiger partial charge in [0.15, 0.2) is 5.11 Å². The predicted molar refractivity (Wildman–Crippen MR) is 73.1 cm³/mol. The minimum Gasteiger partial charge on any atom is -0.349 e. The van der Waals surface area contributed by atoms with Gasteiger partial charge in [0.25, 0.3) is 0 Å². The number of rotatable bonds is 1. The Balaban J connectivity index is 1.97. The third-order valence-corrected chi connectivity index (χ3v) is 3.47. The maximum absolute atomic E-state index is 12.4. The monoisotopic (exact) mass is 288 g/mol. The number of anilines is 1. The Bertz CT molecular complexity index is 436. The highest BCUT2D eigenvalue weighted by atomic mass is 32.1. The van der Waals surface area contributed by atoms with Crippen molar-refractivity contribution in [3.8, 4) is 0 Å². The summed E-state index contributed by atoms with van der Waals surface area (Å²) in [5, 5.41) is 3.56. The van der Waals surface area contributed by atoms with Gasteiger partial charge in [-0.1, -0.05) is 0 Å². The zero-order valence-corrected chi connectivity index (χ0v) is 11.2. The van der Waals surface area contributed by atoms with Gasteiger partial charge in [-0.15, -0.1) is 0 Å². The van der Waals surface area contributed by atoms with Crippen LogP contribution in [0.15, 0.2) is 24.3 Å². The molecule has 0 aromatic heterocycles. The fourth-order valence-electron chi connectivity index (χ4n) is 2.04. The van der Waals surface area contributed by atoms with Crippen LogP contribution < -0.4 is 5.32 Å². The highest BCUT2D eigenvalue weighted by Crippen LogP contribution is 2.29. The Hall–Kier alpha value is -1.30. The molecule has 1 heterocycles. The number of nitrogens with one attached hydrogen (secondary N) is 1. The van der Waals surface area contributed by atoms with Gasteiger partial charge in [0, 0.05) is 18.8 Å². The molecule has 19 heavy (non-hydrogen) atoms. The van der Waals surface area contributed by atoms with Crippen molar-refractivity contribution in [3.63, 3.8) is 0 Å². The van der Waals surface area contributed by atoms with Crippen molar-refractivity contribution >= 4 is 23.0 Å². The topological polar surface area (TPSA) is 15.3 Å². The zero-order valence-electron chi connectivity index (χ0n) is 10.3. The lowest BCUT2D eigenvalue weighted by molar-refractivity contribution is -0.137. The smallest absolute Gasteiger partial charge is 0.349 e. The number of likely N-dealkylation sites (tertiary alicyclic amines) is 1. The van der Waals surface area contributed by atoms with Crippen molar-refractivity contribution in [2.75, 3.05) is 18.4 Å². The van der Waals surface area contributed by atoms with Crippen LogP contribution in [0.4, 0.5) is 18.9 Å². The van der Waals surface area contributed by atoms with Gasteiger partial charge in [0.05, 0.1) is 5.56 Å². The normalized spacial score (nSPS) is 16.3. The Morgan fingerprint density at radius 2 is 1.63 bits per heavy atom. The molecule has 1 aromatic rings. The number of nitrogens with zero attached hydrogens (tertiary/aromatic N) is 1. The summed E-state index contributed by atoms with van der Waals surface area (Å²) in [4.78, 5) is 2.05. The van der Waals surface area contributed by atoms with Crippen molar-refractivity contribution in [2.24, 2.45) is 0 Å². The van der Waals surface area contributed by atoms with Crippen LogP contribution in [-0.4, -0.2) is 23.1 Å². The molecule has 0 saturated carbocycles. The fraction of sp³-hybridized carbons (Fsp3) is 0.462. The van der Waals surface area contributed by atoms with Crippen LogP contribution in [0.3, 0.4) is 0 Å². The predicted octanol–water partition coefficient (Wildman–Crippen LogP) is 3.89. The molecule has 0 atom stereocenters. The van der Waals surface area contributed by atoms with E-state index in [4.69, 9.17) is 12.2 Å². The van der Waals surface area contributed by atoms with Crippen LogP contribution in [0, 0.1) is 0 Å². The number of thiocarbonyl (C=S) groups is 1. The summed E-state index contributed by atoms with van der Waals surface area (Å²) in [7, 11) is 0. The van der Waals surface area contributed by atoms with Gasteiger partial charge in [-0.2, -0.15) is 13.2 Å². The first-order valence-electron chi connectivity index (χ1n) is 6.20. The average Bonchev–Trinajstić information content (AvgIpc) is 2.39. The highest BCUT2D eigenvalue weighted by Gasteiger charge is 2.30. The molecule has 104 valence electrons. The summed E-state index contributed by atoms with van der Waals surface area (Å²) in [5.74, 6) is 0. The average molecular weight is 288 g/mol. The minimum atomic E-state index is -4.30. The molecule has 2 rings (SSSR count). The second-order valence-corrected chi connectivity index (χ2v) is 4.94. The Morgan fingerprint density at radius 1 is 1.05 bits per heavy atom. The van der Waals surface area contributed by atoms with E-state index in [2.05, 4.69) is 10.2 Å².